The van der Waals surface area contributed by atoms with Gasteiger partial charge in [-0.15, -0.1) is 10.2 Å². The Hall–Kier alpha value is -2.09. The van der Waals surface area contributed by atoms with Gasteiger partial charge in [-0.2, -0.15) is 4.98 Å². The highest BCUT2D eigenvalue weighted by Gasteiger charge is 2.20. The van der Waals surface area contributed by atoms with Gasteiger partial charge in [0.05, 0.1) is 11.5 Å². The lowest BCUT2D eigenvalue weighted by Gasteiger charge is -2.08. The summed E-state index contributed by atoms with van der Waals surface area (Å²) in [7, 11) is 0. The van der Waals surface area contributed by atoms with Crippen molar-refractivity contribution < 1.29 is 8.94 Å². The van der Waals surface area contributed by atoms with Crippen LogP contribution in [0.1, 0.15) is 30.8 Å². The molecule has 0 bridgehead atoms. The lowest BCUT2D eigenvalue weighted by atomic mass is 10.4. The zero-order valence-electron chi connectivity index (χ0n) is 12.0. The summed E-state index contributed by atoms with van der Waals surface area (Å²) in [6, 6.07) is 3.70. The van der Waals surface area contributed by atoms with Crippen LogP contribution in [0.25, 0.3) is 11.6 Å². The molecule has 0 radical (unpaired) electrons. The second kappa shape index (κ2) is 5.72. The van der Waals surface area contributed by atoms with Gasteiger partial charge in [0.15, 0.2) is 22.6 Å². The van der Waals surface area contributed by atoms with Gasteiger partial charge < -0.3 is 8.94 Å². The molecule has 1 atom stereocenters. The van der Waals surface area contributed by atoms with Crippen molar-refractivity contribution in [2.75, 3.05) is 0 Å². The van der Waals surface area contributed by atoms with Gasteiger partial charge in [0.1, 0.15) is 0 Å². The van der Waals surface area contributed by atoms with Crippen LogP contribution in [-0.4, -0.2) is 24.9 Å². The first-order chi connectivity index (χ1) is 10.2. The normalized spacial score (nSPS) is 12.7. The number of aryl methyl sites for hydroxylation is 1. The Morgan fingerprint density at radius 3 is 2.86 bits per heavy atom. The summed E-state index contributed by atoms with van der Waals surface area (Å²) in [4.78, 5) is 4.24. The van der Waals surface area contributed by atoms with Crippen LogP contribution in [0.2, 0.25) is 0 Å². The predicted octanol–water partition coefficient (Wildman–Crippen LogP) is 3.10. The van der Waals surface area contributed by atoms with Gasteiger partial charge >= 0.3 is 0 Å². The van der Waals surface area contributed by atoms with Gasteiger partial charge in [0.2, 0.25) is 5.89 Å². The van der Waals surface area contributed by atoms with Crippen molar-refractivity contribution in [3.63, 3.8) is 0 Å². The molecule has 0 N–H and O–H groups in total. The maximum absolute atomic E-state index is 5.39. The molecule has 0 saturated heterocycles. The smallest absolute Gasteiger partial charge is 0.239 e. The van der Waals surface area contributed by atoms with Crippen molar-refractivity contribution in [1.82, 2.24) is 24.9 Å². The lowest BCUT2D eigenvalue weighted by molar-refractivity contribution is 0.376. The van der Waals surface area contributed by atoms with Crippen LogP contribution in [0, 0.1) is 6.92 Å². The monoisotopic (exact) mass is 305 g/mol. The summed E-state index contributed by atoms with van der Waals surface area (Å²) < 4.78 is 12.6. The Kier molecular flexibility index (Phi) is 3.78. The van der Waals surface area contributed by atoms with E-state index in [1.807, 2.05) is 30.5 Å². The molecule has 110 valence electrons. The van der Waals surface area contributed by atoms with Crippen LogP contribution in [0.3, 0.4) is 0 Å². The Bertz CT molecular complexity index is 719. The zero-order valence-corrected chi connectivity index (χ0v) is 12.8. The molecule has 0 aliphatic heterocycles. The molecule has 0 fully saturated rings. The topological polar surface area (TPSA) is 82.8 Å². The van der Waals surface area contributed by atoms with Gasteiger partial charge in [-0.25, -0.2) is 0 Å². The van der Waals surface area contributed by atoms with Crippen molar-refractivity contribution in [2.45, 2.75) is 37.7 Å². The molecule has 3 heterocycles. The SMILES string of the molecule is CCn1c(SC(C)c2nc(C)no2)nnc1-c1ccco1. The number of hydrogen-bond donors (Lipinski definition) is 0. The lowest BCUT2D eigenvalue weighted by Crippen LogP contribution is -2.00. The molecule has 0 spiro atoms. The maximum atomic E-state index is 5.39. The van der Waals surface area contributed by atoms with Crippen LogP contribution >= 0.6 is 11.8 Å². The largest absolute Gasteiger partial charge is 0.461 e. The molecule has 7 nitrogen and oxygen atoms in total. The van der Waals surface area contributed by atoms with Crippen LogP contribution in [-0.2, 0) is 6.54 Å². The standard InChI is InChI=1S/C13H15N5O2S/c1-4-18-11(10-6-5-7-19-10)15-16-13(18)21-8(2)12-14-9(3)17-20-12/h5-8H,4H2,1-3H3. The third-order valence-electron chi connectivity index (χ3n) is 2.95. The van der Waals surface area contributed by atoms with Crippen LogP contribution in [0.4, 0.5) is 0 Å². The molecule has 8 heteroatoms. The number of hydrogen-bond acceptors (Lipinski definition) is 7. The Morgan fingerprint density at radius 2 is 2.24 bits per heavy atom. The number of nitrogens with zero attached hydrogens (tertiary/aromatic N) is 5. The summed E-state index contributed by atoms with van der Waals surface area (Å²) >= 11 is 1.53. The van der Waals surface area contributed by atoms with Gasteiger partial charge in [0.25, 0.3) is 0 Å². The predicted molar refractivity (Wildman–Crippen MR) is 76.7 cm³/mol. The van der Waals surface area contributed by atoms with E-state index < -0.39 is 0 Å². The van der Waals surface area contributed by atoms with E-state index in [-0.39, 0.29) is 5.25 Å². The minimum atomic E-state index is 0.00477. The van der Waals surface area contributed by atoms with Gasteiger partial charge in [-0.1, -0.05) is 16.9 Å². The summed E-state index contributed by atoms with van der Waals surface area (Å²) in [5.74, 6) is 2.64. The molecular weight excluding hydrogens is 290 g/mol. The number of thioether (sulfide) groups is 1. The molecule has 3 aromatic rings. The molecular formula is C13H15N5O2S. The first-order valence-electron chi connectivity index (χ1n) is 6.63. The van der Waals surface area contributed by atoms with E-state index in [0.717, 1.165) is 17.5 Å². The summed E-state index contributed by atoms with van der Waals surface area (Å²) in [6.07, 6.45) is 1.63. The highest BCUT2D eigenvalue weighted by molar-refractivity contribution is 7.99. The van der Waals surface area contributed by atoms with Crippen LogP contribution in [0.15, 0.2) is 32.5 Å². The summed E-state index contributed by atoms with van der Waals surface area (Å²) in [5, 5.41) is 13.1. The van der Waals surface area contributed by atoms with Crippen molar-refractivity contribution in [3.8, 4) is 11.6 Å². The van der Waals surface area contributed by atoms with Crippen molar-refractivity contribution in [3.05, 3.63) is 30.1 Å². The molecule has 0 aromatic carbocycles. The minimum absolute atomic E-state index is 0.00477. The fraction of sp³-hybridized carbons (Fsp3) is 0.385. The quantitative estimate of drug-likeness (QED) is 0.670. The van der Waals surface area contributed by atoms with Gasteiger partial charge in [-0.3, -0.25) is 4.57 Å². The second-order valence-corrected chi connectivity index (χ2v) is 5.78. The molecule has 1 unspecified atom stereocenters. The fourth-order valence-electron chi connectivity index (χ4n) is 1.94. The van der Waals surface area contributed by atoms with E-state index in [9.17, 15) is 0 Å². The summed E-state index contributed by atoms with van der Waals surface area (Å²) in [5.41, 5.74) is 0. The van der Waals surface area contributed by atoms with E-state index in [0.29, 0.717) is 17.5 Å². The Balaban J connectivity index is 1.86. The molecule has 0 aliphatic carbocycles. The molecule has 21 heavy (non-hydrogen) atoms. The minimum Gasteiger partial charge on any atom is -0.461 e. The van der Waals surface area contributed by atoms with Crippen molar-refractivity contribution >= 4 is 11.8 Å². The molecule has 0 amide bonds. The Labute approximate surface area is 125 Å². The average Bonchev–Trinajstić information content (AvgIpc) is 3.17. The highest BCUT2D eigenvalue weighted by atomic mass is 32.2. The summed E-state index contributed by atoms with van der Waals surface area (Å²) in [6.45, 7) is 6.59. The number of rotatable bonds is 5. The molecule has 0 aliphatic rings. The third kappa shape index (κ3) is 2.71. The van der Waals surface area contributed by atoms with Gasteiger partial charge in [0, 0.05) is 6.54 Å². The maximum Gasteiger partial charge on any atom is 0.239 e. The van der Waals surface area contributed by atoms with E-state index in [1.54, 1.807) is 13.2 Å². The van der Waals surface area contributed by atoms with Gasteiger partial charge in [-0.05, 0) is 32.9 Å². The molecule has 3 rings (SSSR count). The van der Waals surface area contributed by atoms with E-state index in [2.05, 4.69) is 20.3 Å². The molecule has 0 saturated carbocycles. The third-order valence-corrected chi connectivity index (χ3v) is 4.02. The van der Waals surface area contributed by atoms with Crippen molar-refractivity contribution in [2.24, 2.45) is 0 Å². The molecule has 3 aromatic heterocycles. The van der Waals surface area contributed by atoms with E-state index in [1.165, 1.54) is 11.8 Å². The zero-order chi connectivity index (χ0) is 14.8. The van der Waals surface area contributed by atoms with Crippen LogP contribution < -0.4 is 0 Å². The number of furan rings is 1. The Morgan fingerprint density at radius 1 is 1.38 bits per heavy atom. The number of aromatic nitrogens is 5. The van der Waals surface area contributed by atoms with E-state index >= 15 is 0 Å². The second-order valence-electron chi connectivity index (χ2n) is 4.47. The fourth-order valence-corrected chi connectivity index (χ4v) is 2.88. The first kappa shape index (κ1) is 13.9. The van der Waals surface area contributed by atoms with Crippen molar-refractivity contribution in [1.29, 1.82) is 0 Å². The van der Waals surface area contributed by atoms with Crippen LogP contribution in [0.5, 0.6) is 0 Å². The highest BCUT2D eigenvalue weighted by Crippen LogP contribution is 2.34. The van der Waals surface area contributed by atoms with E-state index in [4.69, 9.17) is 8.94 Å². The first-order valence-corrected chi connectivity index (χ1v) is 7.51. The average molecular weight is 305 g/mol.